The van der Waals surface area contributed by atoms with Crippen molar-refractivity contribution in [2.45, 2.75) is 25.9 Å². The van der Waals surface area contributed by atoms with Gasteiger partial charge in [0.05, 0.1) is 7.11 Å². The molecule has 0 aliphatic heterocycles. The Morgan fingerprint density at radius 2 is 2.00 bits per heavy atom. The summed E-state index contributed by atoms with van der Waals surface area (Å²) in [6.07, 6.45) is 0.927. The third-order valence-corrected chi connectivity index (χ3v) is 2.13. The molecule has 0 saturated heterocycles. The van der Waals surface area contributed by atoms with Crippen LogP contribution in [0, 0.1) is 0 Å². The smallest absolute Gasteiger partial charge is 0.438 e. The highest BCUT2D eigenvalue weighted by Crippen LogP contribution is 2.22. The Labute approximate surface area is 90.0 Å². The van der Waals surface area contributed by atoms with E-state index in [1.807, 2.05) is 30.3 Å². The summed E-state index contributed by atoms with van der Waals surface area (Å²) in [5, 5.41) is 0. The molecule has 0 saturated carbocycles. The van der Waals surface area contributed by atoms with E-state index in [1.165, 1.54) is 7.11 Å². The molecule has 82 valence electrons. The Morgan fingerprint density at radius 1 is 1.33 bits per heavy atom. The van der Waals surface area contributed by atoms with E-state index >= 15 is 0 Å². The van der Waals surface area contributed by atoms with Gasteiger partial charge in [-0.15, -0.1) is 0 Å². The van der Waals surface area contributed by atoms with E-state index in [0.717, 1.165) is 18.4 Å². The monoisotopic (exact) mass is 208 g/mol. The molecule has 0 N–H and O–H groups in total. The highest BCUT2D eigenvalue weighted by molar-refractivity contribution is 5.60. The topological polar surface area (TPSA) is 35.5 Å². The third kappa shape index (κ3) is 3.62. The summed E-state index contributed by atoms with van der Waals surface area (Å²) in [5.74, 6) is 0. The van der Waals surface area contributed by atoms with Gasteiger partial charge in [-0.05, 0) is 12.0 Å². The lowest BCUT2D eigenvalue weighted by Crippen LogP contribution is -2.11. The van der Waals surface area contributed by atoms with Gasteiger partial charge in [0, 0.05) is 0 Å². The van der Waals surface area contributed by atoms with Crippen molar-refractivity contribution in [3.05, 3.63) is 35.9 Å². The lowest BCUT2D eigenvalue weighted by molar-refractivity contribution is 0.0328. The summed E-state index contributed by atoms with van der Waals surface area (Å²) in [6, 6.07) is 9.69. The van der Waals surface area contributed by atoms with Gasteiger partial charge >= 0.3 is 6.16 Å². The van der Waals surface area contributed by atoms with Crippen LogP contribution >= 0.6 is 0 Å². The molecule has 0 fully saturated rings. The molecular weight excluding hydrogens is 192 g/mol. The van der Waals surface area contributed by atoms with E-state index in [-0.39, 0.29) is 6.10 Å². The first kappa shape index (κ1) is 11.6. The molecule has 1 rings (SSSR count). The van der Waals surface area contributed by atoms with Crippen LogP contribution in [0.5, 0.6) is 0 Å². The van der Waals surface area contributed by atoms with Crippen LogP contribution in [-0.2, 0) is 9.47 Å². The summed E-state index contributed by atoms with van der Waals surface area (Å²) in [4.78, 5) is 11.0. The van der Waals surface area contributed by atoms with Crippen molar-refractivity contribution in [3.8, 4) is 0 Å². The second-order valence-electron chi connectivity index (χ2n) is 3.26. The zero-order chi connectivity index (χ0) is 11.1. The van der Waals surface area contributed by atoms with Crippen LogP contribution in [-0.4, -0.2) is 13.3 Å². The first-order valence-corrected chi connectivity index (χ1v) is 5.07. The van der Waals surface area contributed by atoms with E-state index in [0.29, 0.717) is 0 Å². The first-order valence-electron chi connectivity index (χ1n) is 5.07. The van der Waals surface area contributed by atoms with E-state index in [2.05, 4.69) is 11.7 Å². The van der Waals surface area contributed by atoms with Crippen molar-refractivity contribution in [2.75, 3.05) is 7.11 Å². The van der Waals surface area contributed by atoms with Gasteiger partial charge in [-0.1, -0.05) is 43.7 Å². The molecular formula is C12H16O3. The van der Waals surface area contributed by atoms with Gasteiger partial charge in [0.25, 0.3) is 0 Å². The summed E-state index contributed by atoms with van der Waals surface area (Å²) < 4.78 is 9.65. The number of rotatable bonds is 4. The fraction of sp³-hybridized carbons (Fsp3) is 0.417. The molecule has 0 spiro atoms. The third-order valence-electron chi connectivity index (χ3n) is 2.13. The zero-order valence-corrected chi connectivity index (χ0v) is 9.10. The standard InChI is InChI=1S/C12H16O3/c1-3-7-11(15-12(13)14-2)10-8-5-4-6-9-10/h4-6,8-9,11H,3,7H2,1-2H3. The average molecular weight is 208 g/mol. The number of benzene rings is 1. The molecule has 0 bridgehead atoms. The highest BCUT2D eigenvalue weighted by atomic mass is 16.7. The summed E-state index contributed by atoms with van der Waals surface area (Å²) in [6.45, 7) is 2.05. The van der Waals surface area contributed by atoms with Crippen LogP contribution in [0.25, 0.3) is 0 Å². The maximum atomic E-state index is 11.0. The lowest BCUT2D eigenvalue weighted by atomic mass is 10.1. The van der Waals surface area contributed by atoms with Crippen molar-refractivity contribution in [2.24, 2.45) is 0 Å². The van der Waals surface area contributed by atoms with Crippen LogP contribution < -0.4 is 0 Å². The summed E-state index contributed by atoms with van der Waals surface area (Å²) in [7, 11) is 1.32. The Morgan fingerprint density at radius 3 is 2.53 bits per heavy atom. The Bertz CT molecular complexity index is 295. The number of carbonyl (C=O) groups excluding carboxylic acids is 1. The number of hydrogen-bond donors (Lipinski definition) is 0. The second-order valence-corrected chi connectivity index (χ2v) is 3.26. The average Bonchev–Trinajstić information content (AvgIpc) is 2.29. The van der Waals surface area contributed by atoms with Gasteiger partial charge in [-0.2, -0.15) is 0 Å². The molecule has 1 aromatic carbocycles. The molecule has 3 heteroatoms. The van der Waals surface area contributed by atoms with Gasteiger partial charge in [0.2, 0.25) is 0 Å². The molecule has 0 aromatic heterocycles. The van der Waals surface area contributed by atoms with Crippen LogP contribution in [0.15, 0.2) is 30.3 Å². The van der Waals surface area contributed by atoms with Crippen molar-refractivity contribution in [1.29, 1.82) is 0 Å². The van der Waals surface area contributed by atoms with E-state index < -0.39 is 6.16 Å². The van der Waals surface area contributed by atoms with Crippen LogP contribution in [0.1, 0.15) is 31.4 Å². The lowest BCUT2D eigenvalue weighted by Gasteiger charge is -2.16. The molecule has 1 aromatic rings. The van der Waals surface area contributed by atoms with Gasteiger partial charge in [0.1, 0.15) is 6.10 Å². The van der Waals surface area contributed by atoms with E-state index in [4.69, 9.17) is 4.74 Å². The van der Waals surface area contributed by atoms with Crippen molar-refractivity contribution in [3.63, 3.8) is 0 Å². The second kappa shape index (κ2) is 6.06. The molecule has 0 heterocycles. The van der Waals surface area contributed by atoms with E-state index in [1.54, 1.807) is 0 Å². The van der Waals surface area contributed by atoms with Gasteiger partial charge in [-0.25, -0.2) is 4.79 Å². The SMILES string of the molecule is CCCC(OC(=O)OC)c1ccccc1. The molecule has 1 atom stereocenters. The van der Waals surface area contributed by atoms with Gasteiger partial charge in [-0.3, -0.25) is 0 Å². The Kier molecular flexibility index (Phi) is 4.68. The zero-order valence-electron chi connectivity index (χ0n) is 9.10. The van der Waals surface area contributed by atoms with Crippen molar-refractivity contribution < 1.29 is 14.3 Å². The number of hydrogen-bond acceptors (Lipinski definition) is 3. The molecule has 0 radical (unpaired) electrons. The van der Waals surface area contributed by atoms with E-state index in [9.17, 15) is 4.79 Å². The molecule has 0 aliphatic carbocycles. The quantitative estimate of drug-likeness (QED) is 0.712. The first-order chi connectivity index (χ1) is 7.27. The maximum absolute atomic E-state index is 11.0. The Balaban J connectivity index is 2.70. The molecule has 0 amide bonds. The van der Waals surface area contributed by atoms with Crippen LogP contribution in [0.2, 0.25) is 0 Å². The van der Waals surface area contributed by atoms with Gasteiger partial charge < -0.3 is 9.47 Å². The number of ether oxygens (including phenoxy) is 2. The minimum Gasteiger partial charge on any atom is -0.438 e. The molecule has 15 heavy (non-hydrogen) atoms. The highest BCUT2D eigenvalue weighted by Gasteiger charge is 2.15. The van der Waals surface area contributed by atoms with Gasteiger partial charge in [0.15, 0.2) is 0 Å². The summed E-state index contributed by atoms with van der Waals surface area (Å²) >= 11 is 0. The van der Waals surface area contributed by atoms with Crippen molar-refractivity contribution in [1.82, 2.24) is 0 Å². The number of methoxy groups -OCH3 is 1. The fourth-order valence-electron chi connectivity index (χ4n) is 1.39. The Hall–Kier alpha value is -1.51. The van der Waals surface area contributed by atoms with Crippen LogP contribution in [0.3, 0.4) is 0 Å². The van der Waals surface area contributed by atoms with Crippen molar-refractivity contribution >= 4 is 6.16 Å². The predicted molar refractivity (Wildman–Crippen MR) is 57.6 cm³/mol. The summed E-state index contributed by atoms with van der Waals surface area (Å²) in [5.41, 5.74) is 1.00. The maximum Gasteiger partial charge on any atom is 0.508 e. The minimum atomic E-state index is -0.627. The molecule has 0 aliphatic rings. The normalized spacial score (nSPS) is 11.9. The van der Waals surface area contributed by atoms with Crippen LogP contribution in [0.4, 0.5) is 4.79 Å². The number of carbonyl (C=O) groups is 1. The largest absolute Gasteiger partial charge is 0.508 e. The predicted octanol–water partition coefficient (Wildman–Crippen LogP) is 3.31. The molecule has 1 unspecified atom stereocenters. The minimum absolute atomic E-state index is 0.205. The fourth-order valence-corrected chi connectivity index (χ4v) is 1.39. The molecule has 3 nitrogen and oxygen atoms in total.